The van der Waals surface area contributed by atoms with Crippen LogP contribution in [-0.4, -0.2) is 46.8 Å². The van der Waals surface area contributed by atoms with E-state index < -0.39 is 0 Å². The lowest BCUT2D eigenvalue weighted by atomic mass is 10.0. The van der Waals surface area contributed by atoms with E-state index in [0.29, 0.717) is 13.2 Å². The molecular weight excluding hydrogens is 254 g/mol. The molecule has 1 fully saturated rings. The number of morpholine rings is 1. The Morgan fingerprint density at radius 3 is 2.80 bits per heavy atom. The van der Waals surface area contributed by atoms with Crippen molar-refractivity contribution < 1.29 is 9.53 Å². The molecular formula is C15H19N3O2. The molecule has 20 heavy (non-hydrogen) atoms. The second-order valence-electron chi connectivity index (χ2n) is 5.29. The van der Waals surface area contributed by atoms with Crippen LogP contribution in [0.2, 0.25) is 0 Å². The average molecular weight is 273 g/mol. The zero-order chi connectivity index (χ0) is 14.3. The van der Waals surface area contributed by atoms with Crippen LogP contribution in [0.1, 0.15) is 5.56 Å². The van der Waals surface area contributed by atoms with Gasteiger partial charge in [0.25, 0.3) is 5.91 Å². The molecule has 0 bridgehead atoms. The van der Waals surface area contributed by atoms with Crippen LogP contribution in [0.5, 0.6) is 0 Å². The smallest absolute Gasteiger partial charge is 0.260 e. The minimum atomic E-state index is 0.0314. The van der Waals surface area contributed by atoms with Gasteiger partial charge < -0.3 is 19.9 Å². The highest BCUT2D eigenvalue weighted by Crippen LogP contribution is 2.39. The van der Waals surface area contributed by atoms with E-state index in [0.717, 1.165) is 34.8 Å². The standard InChI is InChI=1S/C15H19N3O2/c1-17(2)10-4-5-13-11(8-10)14(15(19)18(13)3)12-9-20-7-6-16-12/h4-5,8,16H,6-7,9H2,1-3H3/b14-12-. The van der Waals surface area contributed by atoms with Crippen molar-refractivity contribution >= 4 is 22.9 Å². The van der Waals surface area contributed by atoms with Crippen LogP contribution in [-0.2, 0) is 9.53 Å². The van der Waals surface area contributed by atoms with Gasteiger partial charge in [-0.05, 0) is 18.2 Å². The number of amides is 1. The third-order valence-corrected chi connectivity index (χ3v) is 3.78. The number of rotatable bonds is 1. The lowest BCUT2D eigenvalue weighted by Gasteiger charge is -2.20. The van der Waals surface area contributed by atoms with E-state index in [2.05, 4.69) is 11.4 Å². The number of nitrogens with one attached hydrogen (secondary N) is 1. The van der Waals surface area contributed by atoms with Gasteiger partial charge in [0.15, 0.2) is 0 Å². The Kier molecular flexibility index (Phi) is 3.14. The molecule has 0 aliphatic carbocycles. The van der Waals surface area contributed by atoms with Crippen molar-refractivity contribution in [1.82, 2.24) is 5.32 Å². The number of benzene rings is 1. The molecule has 1 amide bonds. The summed E-state index contributed by atoms with van der Waals surface area (Å²) in [5.74, 6) is 0.0314. The first-order valence-corrected chi connectivity index (χ1v) is 6.74. The van der Waals surface area contributed by atoms with Crippen molar-refractivity contribution in [1.29, 1.82) is 0 Å². The molecule has 0 unspecified atom stereocenters. The zero-order valence-corrected chi connectivity index (χ0v) is 12.1. The Morgan fingerprint density at radius 1 is 1.35 bits per heavy atom. The fourth-order valence-electron chi connectivity index (χ4n) is 2.64. The molecule has 0 spiro atoms. The quantitative estimate of drug-likeness (QED) is 0.777. The summed E-state index contributed by atoms with van der Waals surface area (Å²) < 4.78 is 5.47. The molecule has 106 valence electrons. The average Bonchev–Trinajstić information content (AvgIpc) is 2.71. The molecule has 1 aromatic rings. The second-order valence-corrected chi connectivity index (χ2v) is 5.29. The lowest BCUT2D eigenvalue weighted by molar-refractivity contribution is -0.112. The minimum Gasteiger partial charge on any atom is -0.383 e. The number of nitrogens with zero attached hydrogens (tertiary/aromatic N) is 2. The SMILES string of the molecule is CN(C)c1ccc2c(c1)/C(=C1\COCCN1)C(=O)N2C. The zero-order valence-electron chi connectivity index (χ0n) is 12.1. The number of hydrogen-bond donors (Lipinski definition) is 1. The first kappa shape index (κ1) is 13.0. The van der Waals surface area contributed by atoms with Gasteiger partial charge >= 0.3 is 0 Å². The summed E-state index contributed by atoms with van der Waals surface area (Å²) in [7, 11) is 5.81. The predicted octanol–water partition coefficient (Wildman–Crippen LogP) is 1.06. The molecule has 0 aromatic heterocycles. The number of ether oxygens (including phenoxy) is 1. The normalized spacial score (nSPS) is 21.8. The van der Waals surface area contributed by atoms with E-state index in [1.165, 1.54) is 0 Å². The monoisotopic (exact) mass is 273 g/mol. The van der Waals surface area contributed by atoms with Crippen molar-refractivity contribution in [2.75, 3.05) is 50.7 Å². The number of fused-ring (bicyclic) bond motifs is 1. The van der Waals surface area contributed by atoms with Crippen molar-refractivity contribution in [2.45, 2.75) is 0 Å². The Bertz CT molecular complexity index is 585. The van der Waals surface area contributed by atoms with Gasteiger partial charge in [-0.25, -0.2) is 0 Å². The largest absolute Gasteiger partial charge is 0.383 e. The van der Waals surface area contributed by atoms with Crippen LogP contribution >= 0.6 is 0 Å². The van der Waals surface area contributed by atoms with Crippen LogP contribution in [0.25, 0.3) is 5.57 Å². The Morgan fingerprint density at radius 2 is 2.15 bits per heavy atom. The van der Waals surface area contributed by atoms with Gasteiger partial charge in [-0.2, -0.15) is 0 Å². The lowest BCUT2D eigenvalue weighted by Crippen LogP contribution is -2.31. The number of carbonyl (C=O) groups is 1. The van der Waals surface area contributed by atoms with Crippen LogP contribution < -0.4 is 15.1 Å². The van der Waals surface area contributed by atoms with Gasteiger partial charge in [0, 0.05) is 38.9 Å². The Hall–Kier alpha value is -2.01. The maximum Gasteiger partial charge on any atom is 0.260 e. The predicted molar refractivity (Wildman–Crippen MR) is 79.9 cm³/mol. The van der Waals surface area contributed by atoms with Crippen LogP contribution in [0, 0.1) is 0 Å². The van der Waals surface area contributed by atoms with Crippen LogP contribution in [0.4, 0.5) is 11.4 Å². The summed E-state index contributed by atoms with van der Waals surface area (Å²) in [5.41, 5.74) is 4.66. The van der Waals surface area contributed by atoms with Gasteiger partial charge in [-0.1, -0.05) is 0 Å². The number of anilines is 2. The molecule has 5 nitrogen and oxygen atoms in total. The molecule has 1 aromatic carbocycles. The van der Waals surface area contributed by atoms with Gasteiger partial charge in [0.2, 0.25) is 0 Å². The molecule has 0 saturated carbocycles. The maximum absolute atomic E-state index is 12.5. The van der Waals surface area contributed by atoms with Gasteiger partial charge in [-0.15, -0.1) is 0 Å². The number of carbonyl (C=O) groups excluding carboxylic acids is 1. The highest BCUT2D eigenvalue weighted by Gasteiger charge is 2.33. The van der Waals surface area contributed by atoms with Crippen molar-refractivity contribution in [3.8, 4) is 0 Å². The first-order chi connectivity index (χ1) is 9.59. The third-order valence-electron chi connectivity index (χ3n) is 3.78. The molecule has 1 saturated heterocycles. The maximum atomic E-state index is 12.5. The van der Waals surface area contributed by atoms with Gasteiger partial charge in [-0.3, -0.25) is 4.79 Å². The number of likely N-dealkylation sites (N-methyl/N-ethyl adjacent to an activating group) is 1. The van der Waals surface area contributed by atoms with Crippen LogP contribution in [0.15, 0.2) is 23.9 Å². The fourth-order valence-corrected chi connectivity index (χ4v) is 2.64. The van der Waals surface area contributed by atoms with E-state index in [9.17, 15) is 4.79 Å². The summed E-state index contributed by atoms with van der Waals surface area (Å²) in [6.07, 6.45) is 0. The minimum absolute atomic E-state index is 0.0314. The summed E-state index contributed by atoms with van der Waals surface area (Å²) in [4.78, 5) is 16.2. The van der Waals surface area contributed by atoms with Crippen LogP contribution in [0.3, 0.4) is 0 Å². The van der Waals surface area contributed by atoms with Gasteiger partial charge in [0.1, 0.15) is 0 Å². The first-order valence-electron chi connectivity index (χ1n) is 6.74. The van der Waals surface area contributed by atoms with E-state index in [4.69, 9.17) is 4.74 Å². The van der Waals surface area contributed by atoms with E-state index in [1.807, 2.05) is 38.2 Å². The highest BCUT2D eigenvalue weighted by molar-refractivity contribution is 6.33. The summed E-state index contributed by atoms with van der Waals surface area (Å²) in [6, 6.07) is 6.09. The molecule has 3 rings (SSSR count). The van der Waals surface area contributed by atoms with Crippen molar-refractivity contribution in [3.63, 3.8) is 0 Å². The Balaban J connectivity index is 2.14. The molecule has 0 atom stereocenters. The topological polar surface area (TPSA) is 44.8 Å². The molecule has 0 radical (unpaired) electrons. The van der Waals surface area contributed by atoms with Gasteiger partial charge in [0.05, 0.1) is 30.2 Å². The molecule has 2 heterocycles. The second kappa shape index (κ2) is 4.83. The summed E-state index contributed by atoms with van der Waals surface area (Å²) in [5, 5.41) is 3.30. The summed E-state index contributed by atoms with van der Waals surface area (Å²) in [6.45, 7) is 1.91. The van der Waals surface area contributed by atoms with E-state index >= 15 is 0 Å². The van der Waals surface area contributed by atoms with Crippen molar-refractivity contribution in [3.05, 3.63) is 29.5 Å². The highest BCUT2D eigenvalue weighted by atomic mass is 16.5. The number of hydrogen-bond acceptors (Lipinski definition) is 4. The summed E-state index contributed by atoms with van der Waals surface area (Å²) >= 11 is 0. The third kappa shape index (κ3) is 1.94. The van der Waals surface area contributed by atoms with E-state index in [1.54, 1.807) is 4.90 Å². The Labute approximate surface area is 118 Å². The molecule has 5 heteroatoms. The molecule has 2 aliphatic rings. The molecule has 1 N–H and O–H groups in total. The van der Waals surface area contributed by atoms with E-state index in [-0.39, 0.29) is 5.91 Å². The fraction of sp³-hybridized carbons (Fsp3) is 0.400. The molecule has 2 aliphatic heterocycles. The van der Waals surface area contributed by atoms with Crippen molar-refractivity contribution in [2.24, 2.45) is 0 Å².